The summed E-state index contributed by atoms with van der Waals surface area (Å²) < 4.78 is 5.08. The van der Waals surface area contributed by atoms with E-state index in [0.717, 1.165) is 16.7 Å². The third-order valence-electron chi connectivity index (χ3n) is 4.30. The number of aryl methyl sites for hydroxylation is 1. The topological polar surface area (TPSA) is 58.6 Å². The largest absolute Gasteiger partial charge is 0.383 e. The van der Waals surface area contributed by atoms with E-state index in [1.165, 1.54) is 0 Å². The maximum absolute atomic E-state index is 12.7. The molecule has 2 aromatic carbocycles. The minimum absolute atomic E-state index is 0.0791. The van der Waals surface area contributed by atoms with Crippen LogP contribution in [0.5, 0.6) is 0 Å². The van der Waals surface area contributed by atoms with Crippen molar-refractivity contribution in [2.24, 2.45) is 0 Å². The summed E-state index contributed by atoms with van der Waals surface area (Å²) in [6, 6.07) is 13.0. The molecule has 0 bridgehead atoms. The summed E-state index contributed by atoms with van der Waals surface area (Å²) in [7, 11) is 5.34. The summed E-state index contributed by atoms with van der Waals surface area (Å²) in [5.74, 6) is -0.232. The molecule has 5 heteroatoms. The normalized spacial score (nSPS) is 12.0. The number of benzene rings is 2. The van der Waals surface area contributed by atoms with Crippen LogP contribution in [0.15, 0.2) is 54.7 Å². The molecule has 148 valence electrons. The SMILES string of the molecule is COCC(C)NC(=O)c1cc(-c2ccccc2C(=O)/C=C/N(C)C)ccc1C. The number of carbonyl (C=O) groups excluding carboxylic acids is 2. The highest BCUT2D eigenvalue weighted by molar-refractivity contribution is 6.09. The zero-order valence-electron chi connectivity index (χ0n) is 17.2. The third kappa shape index (κ3) is 5.54. The number of nitrogens with zero attached hydrogens (tertiary/aromatic N) is 1. The third-order valence-corrected chi connectivity index (χ3v) is 4.30. The van der Waals surface area contributed by atoms with Crippen molar-refractivity contribution in [1.29, 1.82) is 0 Å². The first-order valence-electron chi connectivity index (χ1n) is 9.22. The van der Waals surface area contributed by atoms with Crippen molar-refractivity contribution in [2.45, 2.75) is 19.9 Å². The summed E-state index contributed by atoms with van der Waals surface area (Å²) in [5.41, 5.74) is 3.70. The van der Waals surface area contributed by atoms with Crippen LogP contribution in [0.25, 0.3) is 11.1 Å². The highest BCUT2D eigenvalue weighted by Gasteiger charge is 2.16. The van der Waals surface area contributed by atoms with Crippen LogP contribution < -0.4 is 5.32 Å². The number of ketones is 1. The molecule has 0 aliphatic carbocycles. The lowest BCUT2D eigenvalue weighted by atomic mass is 9.94. The van der Waals surface area contributed by atoms with E-state index < -0.39 is 0 Å². The van der Waals surface area contributed by atoms with Gasteiger partial charge in [-0.3, -0.25) is 9.59 Å². The average Bonchev–Trinajstić information content (AvgIpc) is 2.66. The fraction of sp³-hybridized carbons (Fsp3) is 0.304. The van der Waals surface area contributed by atoms with Gasteiger partial charge in [0.05, 0.1) is 6.61 Å². The van der Waals surface area contributed by atoms with Crippen molar-refractivity contribution in [2.75, 3.05) is 27.8 Å². The minimum atomic E-state index is -0.153. The molecule has 0 fully saturated rings. The van der Waals surface area contributed by atoms with E-state index in [0.29, 0.717) is 17.7 Å². The van der Waals surface area contributed by atoms with E-state index in [4.69, 9.17) is 4.74 Å². The van der Waals surface area contributed by atoms with E-state index in [1.54, 1.807) is 25.5 Å². The molecule has 1 amide bonds. The standard InChI is InChI=1S/C23H28N2O3/c1-16-10-11-18(14-21(16)23(27)24-17(2)15-28-5)19-8-6-7-9-20(19)22(26)12-13-25(3)4/h6-14,17H,15H2,1-5H3,(H,24,27)/b13-12+. The van der Waals surface area contributed by atoms with E-state index >= 15 is 0 Å². The number of allylic oxidation sites excluding steroid dienone is 1. The lowest BCUT2D eigenvalue weighted by Gasteiger charge is -2.15. The summed E-state index contributed by atoms with van der Waals surface area (Å²) >= 11 is 0. The van der Waals surface area contributed by atoms with Crippen LogP contribution in [-0.4, -0.2) is 50.4 Å². The van der Waals surface area contributed by atoms with Crippen LogP contribution in [0.1, 0.15) is 33.2 Å². The first kappa shape index (κ1) is 21.4. The Labute approximate surface area is 167 Å². The minimum Gasteiger partial charge on any atom is -0.383 e. The Kier molecular flexibility index (Phi) is 7.52. The van der Waals surface area contributed by atoms with Gasteiger partial charge in [-0.25, -0.2) is 0 Å². The van der Waals surface area contributed by atoms with Gasteiger partial charge in [0.2, 0.25) is 0 Å². The Morgan fingerprint density at radius 2 is 1.86 bits per heavy atom. The Morgan fingerprint density at radius 1 is 1.14 bits per heavy atom. The molecular formula is C23H28N2O3. The van der Waals surface area contributed by atoms with Crippen LogP contribution in [-0.2, 0) is 4.74 Å². The van der Waals surface area contributed by atoms with Gasteiger partial charge in [0.25, 0.3) is 5.91 Å². The van der Waals surface area contributed by atoms with Crippen molar-refractivity contribution in [3.63, 3.8) is 0 Å². The first-order chi connectivity index (χ1) is 13.3. The van der Waals surface area contributed by atoms with Crippen molar-refractivity contribution < 1.29 is 14.3 Å². The smallest absolute Gasteiger partial charge is 0.251 e. The molecule has 1 N–H and O–H groups in total. The zero-order valence-corrected chi connectivity index (χ0v) is 17.2. The van der Waals surface area contributed by atoms with E-state index in [-0.39, 0.29) is 17.7 Å². The Bertz CT molecular complexity index is 872. The van der Waals surface area contributed by atoms with Crippen LogP contribution >= 0.6 is 0 Å². The highest BCUT2D eigenvalue weighted by atomic mass is 16.5. The summed E-state index contributed by atoms with van der Waals surface area (Å²) in [5, 5.41) is 2.94. The second kappa shape index (κ2) is 9.85. The van der Waals surface area contributed by atoms with E-state index in [1.807, 2.05) is 69.2 Å². The predicted molar refractivity (Wildman–Crippen MR) is 113 cm³/mol. The highest BCUT2D eigenvalue weighted by Crippen LogP contribution is 2.26. The molecule has 0 aromatic heterocycles. The maximum Gasteiger partial charge on any atom is 0.251 e. The fourth-order valence-corrected chi connectivity index (χ4v) is 2.88. The quantitative estimate of drug-likeness (QED) is 0.561. The Hall–Kier alpha value is -2.92. The second-order valence-electron chi connectivity index (χ2n) is 7.05. The zero-order chi connectivity index (χ0) is 20.7. The molecule has 1 atom stereocenters. The molecule has 2 aromatic rings. The molecular weight excluding hydrogens is 352 g/mol. The fourth-order valence-electron chi connectivity index (χ4n) is 2.88. The monoisotopic (exact) mass is 380 g/mol. The van der Waals surface area contributed by atoms with Crippen LogP contribution in [0, 0.1) is 6.92 Å². The maximum atomic E-state index is 12.7. The lowest BCUT2D eigenvalue weighted by molar-refractivity contribution is 0.0904. The van der Waals surface area contributed by atoms with Gasteiger partial charge in [0.1, 0.15) is 0 Å². The van der Waals surface area contributed by atoms with Crippen molar-refractivity contribution in [3.8, 4) is 11.1 Å². The van der Waals surface area contributed by atoms with Gasteiger partial charge in [-0.2, -0.15) is 0 Å². The van der Waals surface area contributed by atoms with Gasteiger partial charge in [0, 0.05) is 50.6 Å². The molecule has 0 saturated carbocycles. The van der Waals surface area contributed by atoms with Gasteiger partial charge in [-0.1, -0.05) is 36.4 Å². The number of hydrogen-bond donors (Lipinski definition) is 1. The Balaban J connectivity index is 2.39. The molecule has 2 rings (SSSR count). The molecule has 28 heavy (non-hydrogen) atoms. The summed E-state index contributed by atoms with van der Waals surface area (Å²) in [4.78, 5) is 27.1. The van der Waals surface area contributed by atoms with Crippen molar-refractivity contribution >= 4 is 11.7 Å². The molecule has 0 heterocycles. The number of ether oxygens (including phenoxy) is 1. The number of methoxy groups -OCH3 is 1. The van der Waals surface area contributed by atoms with Crippen LogP contribution in [0.2, 0.25) is 0 Å². The molecule has 0 spiro atoms. The summed E-state index contributed by atoms with van der Waals surface area (Å²) in [6.07, 6.45) is 3.28. The molecule has 0 radical (unpaired) electrons. The molecule has 5 nitrogen and oxygen atoms in total. The van der Waals surface area contributed by atoms with Gasteiger partial charge in [0.15, 0.2) is 5.78 Å². The van der Waals surface area contributed by atoms with Gasteiger partial charge in [-0.15, -0.1) is 0 Å². The number of nitrogens with one attached hydrogen (secondary N) is 1. The summed E-state index contributed by atoms with van der Waals surface area (Å²) in [6.45, 7) is 4.24. The van der Waals surface area contributed by atoms with Gasteiger partial charge in [-0.05, 0) is 36.6 Å². The van der Waals surface area contributed by atoms with E-state index in [2.05, 4.69) is 5.32 Å². The number of carbonyl (C=O) groups is 2. The number of amides is 1. The van der Waals surface area contributed by atoms with Crippen molar-refractivity contribution in [3.05, 3.63) is 71.4 Å². The second-order valence-corrected chi connectivity index (χ2v) is 7.05. The number of rotatable bonds is 8. The average molecular weight is 380 g/mol. The van der Waals surface area contributed by atoms with Crippen LogP contribution in [0.3, 0.4) is 0 Å². The van der Waals surface area contributed by atoms with Gasteiger partial charge >= 0.3 is 0 Å². The first-order valence-corrected chi connectivity index (χ1v) is 9.22. The Morgan fingerprint density at radius 3 is 2.54 bits per heavy atom. The van der Waals surface area contributed by atoms with Crippen molar-refractivity contribution in [1.82, 2.24) is 10.2 Å². The molecule has 0 saturated heterocycles. The van der Waals surface area contributed by atoms with Crippen LogP contribution in [0.4, 0.5) is 0 Å². The molecule has 0 aliphatic rings. The number of hydrogen-bond acceptors (Lipinski definition) is 4. The lowest BCUT2D eigenvalue weighted by Crippen LogP contribution is -2.35. The van der Waals surface area contributed by atoms with E-state index in [9.17, 15) is 9.59 Å². The van der Waals surface area contributed by atoms with Gasteiger partial charge < -0.3 is 15.0 Å². The molecule has 1 unspecified atom stereocenters. The predicted octanol–water partition coefficient (Wildman–Crippen LogP) is 3.68. The molecule has 0 aliphatic heterocycles.